The van der Waals surface area contributed by atoms with Crippen LogP contribution in [-0.2, 0) is 12.8 Å². The molecule has 1 atom stereocenters. The van der Waals surface area contributed by atoms with Crippen LogP contribution >= 0.6 is 0 Å². The van der Waals surface area contributed by atoms with Gasteiger partial charge in [-0.1, -0.05) is 24.6 Å². The van der Waals surface area contributed by atoms with Crippen LogP contribution in [0.4, 0.5) is 4.39 Å². The highest BCUT2D eigenvalue weighted by atomic mass is 19.1. The summed E-state index contributed by atoms with van der Waals surface area (Å²) in [5, 5.41) is 9.03. The molecule has 2 aromatic rings. The Morgan fingerprint density at radius 2 is 1.93 bits per heavy atom. The van der Waals surface area contributed by atoms with Gasteiger partial charge >= 0.3 is 0 Å². The number of rotatable bonds is 4. The molecule has 5 rings (SSSR count). The van der Waals surface area contributed by atoms with E-state index in [-0.39, 0.29) is 18.0 Å². The number of hydrogen-bond donors (Lipinski definition) is 1. The van der Waals surface area contributed by atoms with E-state index in [1.165, 1.54) is 24.8 Å². The molecule has 28 heavy (non-hydrogen) atoms. The molecule has 1 spiro atoms. The van der Waals surface area contributed by atoms with Gasteiger partial charge in [-0.15, -0.1) is 0 Å². The van der Waals surface area contributed by atoms with Crippen molar-refractivity contribution in [3.63, 3.8) is 0 Å². The maximum atomic E-state index is 14.3. The van der Waals surface area contributed by atoms with Crippen molar-refractivity contribution in [3.8, 4) is 16.9 Å². The van der Waals surface area contributed by atoms with Gasteiger partial charge in [0.2, 0.25) is 0 Å². The highest BCUT2D eigenvalue weighted by Gasteiger charge is 2.45. The minimum absolute atomic E-state index is 0.0117. The first-order chi connectivity index (χ1) is 13.7. The van der Waals surface area contributed by atoms with Crippen LogP contribution in [0, 0.1) is 5.82 Å². The molecular formula is C24H28FNO2. The number of ether oxygens (including phenoxy) is 1. The molecule has 4 heteroatoms. The Labute approximate surface area is 166 Å². The molecule has 2 aliphatic heterocycles. The predicted molar refractivity (Wildman–Crippen MR) is 108 cm³/mol. The molecule has 0 bridgehead atoms. The van der Waals surface area contributed by atoms with Crippen LogP contribution in [0.1, 0.15) is 43.2 Å². The summed E-state index contributed by atoms with van der Waals surface area (Å²) >= 11 is 0. The number of aliphatic hydroxyl groups excluding tert-OH is 1. The van der Waals surface area contributed by atoms with E-state index in [1.54, 1.807) is 12.1 Å². The van der Waals surface area contributed by atoms with Crippen LogP contribution in [0.25, 0.3) is 11.1 Å². The SMILES string of the molecule is OCCc1ccc(-c2ccc3c(c2)CCC2(CCN(C4CCC4)C2)O3)cc1F. The molecule has 1 unspecified atom stereocenters. The molecule has 3 nitrogen and oxygen atoms in total. The molecule has 0 aromatic heterocycles. The summed E-state index contributed by atoms with van der Waals surface area (Å²) in [6.45, 7) is 2.19. The smallest absolute Gasteiger partial charge is 0.127 e. The lowest BCUT2D eigenvalue weighted by Crippen LogP contribution is -2.45. The molecule has 0 amide bonds. The fourth-order valence-corrected chi connectivity index (χ4v) is 4.98. The van der Waals surface area contributed by atoms with Crippen LogP contribution < -0.4 is 4.74 Å². The summed E-state index contributed by atoms with van der Waals surface area (Å²) in [6, 6.07) is 12.3. The van der Waals surface area contributed by atoms with E-state index >= 15 is 0 Å². The normalized spacial score (nSPS) is 24.8. The largest absolute Gasteiger partial charge is 0.486 e. The van der Waals surface area contributed by atoms with Gasteiger partial charge in [-0.05, 0) is 72.6 Å². The molecule has 1 saturated carbocycles. The molecule has 2 aromatic carbocycles. The third kappa shape index (κ3) is 3.23. The first-order valence-corrected chi connectivity index (χ1v) is 10.6. The fourth-order valence-electron chi connectivity index (χ4n) is 4.98. The van der Waals surface area contributed by atoms with Gasteiger partial charge in [-0.3, -0.25) is 4.90 Å². The lowest BCUT2D eigenvalue weighted by molar-refractivity contribution is 0.0413. The van der Waals surface area contributed by atoms with E-state index in [9.17, 15) is 4.39 Å². The molecule has 1 saturated heterocycles. The van der Waals surface area contributed by atoms with Crippen molar-refractivity contribution in [3.05, 3.63) is 53.3 Å². The molecule has 1 aliphatic carbocycles. The average molecular weight is 381 g/mol. The molecule has 1 N–H and O–H groups in total. The molecule has 2 fully saturated rings. The maximum absolute atomic E-state index is 14.3. The average Bonchev–Trinajstić information content (AvgIpc) is 3.04. The second-order valence-electron chi connectivity index (χ2n) is 8.69. The van der Waals surface area contributed by atoms with E-state index in [0.29, 0.717) is 12.0 Å². The standard InChI is InChI=1S/C24H28FNO2/c25-22-15-19(5-4-17(22)9-13-27)18-6-7-23-20(14-18)8-10-24(28-23)11-12-26(16-24)21-2-1-3-21/h4-7,14-15,21,27H,1-3,8-13,16H2. The van der Waals surface area contributed by atoms with Crippen molar-refractivity contribution in [1.29, 1.82) is 0 Å². The van der Waals surface area contributed by atoms with Crippen molar-refractivity contribution in [2.24, 2.45) is 0 Å². The highest BCUT2D eigenvalue weighted by molar-refractivity contribution is 5.66. The number of aryl methyl sites for hydroxylation is 1. The summed E-state index contributed by atoms with van der Waals surface area (Å²) in [5.41, 5.74) is 3.67. The summed E-state index contributed by atoms with van der Waals surface area (Å²) in [6.07, 6.45) is 7.64. The van der Waals surface area contributed by atoms with Gasteiger partial charge in [0, 0.05) is 32.2 Å². The Morgan fingerprint density at radius 3 is 2.68 bits per heavy atom. The van der Waals surface area contributed by atoms with Crippen LogP contribution in [0.15, 0.2) is 36.4 Å². The van der Waals surface area contributed by atoms with E-state index in [0.717, 1.165) is 55.3 Å². The zero-order valence-electron chi connectivity index (χ0n) is 16.3. The first kappa shape index (κ1) is 18.1. The highest BCUT2D eigenvalue weighted by Crippen LogP contribution is 2.42. The Balaban J connectivity index is 1.34. The molecule has 2 heterocycles. The van der Waals surface area contributed by atoms with Crippen molar-refractivity contribution < 1.29 is 14.2 Å². The number of likely N-dealkylation sites (tertiary alicyclic amines) is 1. The van der Waals surface area contributed by atoms with Crippen molar-refractivity contribution in [2.45, 2.75) is 56.6 Å². The number of fused-ring (bicyclic) bond motifs is 1. The van der Waals surface area contributed by atoms with E-state index in [4.69, 9.17) is 9.84 Å². The van der Waals surface area contributed by atoms with Gasteiger partial charge < -0.3 is 9.84 Å². The Bertz CT molecular complexity index is 879. The zero-order valence-corrected chi connectivity index (χ0v) is 16.3. The fraction of sp³-hybridized carbons (Fsp3) is 0.500. The quantitative estimate of drug-likeness (QED) is 0.855. The van der Waals surface area contributed by atoms with Crippen LogP contribution in [0.2, 0.25) is 0 Å². The van der Waals surface area contributed by atoms with Crippen LogP contribution in [-0.4, -0.2) is 41.3 Å². The van der Waals surface area contributed by atoms with Crippen molar-refractivity contribution >= 4 is 0 Å². The lowest BCUT2D eigenvalue weighted by atomic mass is 9.88. The van der Waals surface area contributed by atoms with Crippen molar-refractivity contribution in [1.82, 2.24) is 4.90 Å². The van der Waals surface area contributed by atoms with Crippen LogP contribution in [0.5, 0.6) is 5.75 Å². The second kappa shape index (κ2) is 7.16. The van der Waals surface area contributed by atoms with Gasteiger partial charge in [0.25, 0.3) is 0 Å². The number of hydrogen-bond acceptors (Lipinski definition) is 3. The molecule has 148 valence electrons. The van der Waals surface area contributed by atoms with Crippen LogP contribution in [0.3, 0.4) is 0 Å². The number of benzene rings is 2. The Hall–Kier alpha value is -1.91. The monoisotopic (exact) mass is 381 g/mol. The molecular weight excluding hydrogens is 353 g/mol. The third-order valence-corrected chi connectivity index (χ3v) is 6.94. The predicted octanol–water partition coefficient (Wildman–Crippen LogP) is 4.35. The summed E-state index contributed by atoms with van der Waals surface area (Å²) < 4.78 is 20.8. The van der Waals surface area contributed by atoms with Crippen molar-refractivity contribution in [2.75, 3.05) is 19.7 Å². The maximum Gasteiger partial charge on any atom is 0.127 e. The van der Waals surface area contributed by atoms with E-state index < -0.39 is 0 Å². The number of nitrogens with zero attached hydrogens (tertiary/aromatic N) is 1. The second-order valence-corrected chi connectivity index (χ2v) is 8.69. The first-order valence-electron chi connectivity index (χ1n) is 10.6. The van der Waals surface area contributed by atoms with E-state index in [2.05, 4.69) is 17.0 Å². The molecule has 0 radical (unpaired) electrons. The zero-order chi connectivity index (χ0) is 19.1. The van der Waals surface area contributed by atoms with Gasteiger partial charge in [-0.2, -0.15) is 0 Å². The lowest BCUT2D eigenvalue weighted by Gasteiger charge is -2.39. The minimum atomic E-state index is -0.249. The number of halogens is 1. The Kier molecular flexibility index (Phi) is 4.64. The summed E-state index contributed by atoms with van der Waals surface area (Å²) in [7, 11) is 0. The Morgan fingerprint density at radius 1 is 1.11 bits per heavy atom. The number of aliphatic hydroxyl groups is 1. The van der Waals surface area contributed by atoms with Gasteiger partial charge in [0.1, 0.15) is 17.2 Å². The molecule has 3 aliphatic rings. The summed E-state index contributed by atoms with van der Waals surface area (Å²) in [4.78, 5) is 2.64. The van der Waals surface area contributed by atoms with Gasteiger partial charge in [0.15, 0.2) is 0 Å². The third-order valence-electron chi connectivity index (χ3n) is 6.94. The van der Waals surface area contributed by atoms with E-state index in [1.807, 2.05) is 12.1 Å². The van der Waals surface area contributed by atoms with Gasteiger partial charge in [0.05, 0.1) is 0 Å². The topological polar surface area (TPSA) is 32.7 Å². The van der Waals surface area contributed by atoms with Gasteiger partial charge in [-0.25, -0.2) is 4.39 Å². The minimum Gasteiger partial charge on any atom is -0.486 e. The summed E-state index contributed by atoms with van der Waals surface area (Å²) in [5.74, 6) is 0.754.